The van der Waals surface area contributed by atoms with E-state index in [0.717, 1.165) is 32.0 Å². The van der Waals surface area contributed by atoms with Gasteiger partial charge in [-0.15, -0.1) is 0 Å². The minimum absolute atomic E-state index is 0.136. The van der Waals surface area contributed by atoms with Crippen molar-refractivity contribution in [3.05, 3.63) is 46.0 Å². The Kier molecular flexibility index (Phi) is 5.46. The fourth-order valence-electron chi connectivity index (χ4n) is 4.93. The molecule has 1 aliphatic carbocycles. The maximum Gasteiger partial charge on any atom is 0.416 e. The molecule has 0 radical (unpaired) electrons. The van der Waals surface area contributed by atoms with Crippen LogP contribution in [-0.4, -0.2) is 41.9 Å². The first kappa shape index (κ1) is 20.7. The fourth-order valence-corrected chi connectivity index (χ4v) is 4.93. The van der Waals surface area contributed by atoms with Crippen LogP contribution in [0, 0.1) is 27.9 Å². The lowest BCUT2D eigenvalue weighted by Crippen LogP contribution is -2.42. The maximum atomic E-state index is 13.0. The minimum Gasteiger partial charge on any atom is -0.366 e. The first-order valence-electron chi connectivity index (χ1n) is 10.3. The minimum atomic E-state index is -4.63. The molecule has 1 aromatic carbocycles. The SMILES string of the molecule is O=C(C1CCN(c2ccc(C(F)(F)F)cc2[N+](=O)[O-])CC1)N1C[C@@H]2CC=CC[C@H]2C1. The molecular weight excluding hydrogens is 399 g/mol. The second kappa shape index (κ2) is 7.92. The quantitative estimate of drug-likeness (QED) is 0.414. The lowest BCUT2D eigenvalue weighted by molar-refractivity contribution is -0.384. The van der Waals surface area contributed by atoms with Crippen molar-refractivity contribution in [1.82, 2.24) is 4.90 Å². The van der Waals surface area contributed by atoms with Crippen LogP contribution in [0.25, 0.3) is 0 Å². The molecule has 1 aromatic rings. The highest BCUT2D eigenvalue weighted by Crippen LogP contribution is 2.38. The zero-order chi connectivity index (χ0) is 21.5. The van der Waals surface area contributed by atoms with E-state index in [0.29, 0.717) is 43.8 Å². The third-order valence-corrected chi connectivity index (χ3v) is 6.62. The molecule has 2 atom stereocenters. The predicted molar refractivity (Wildman–Crippen MR) is 105 cm³/mol. The van der Waals surface area contributed by atoms with Crippen LogP contribution in [0.1, 0.15) is 31.2 Å². The van der Waals surface area contributed by atoms with Gasteiger partial charge in [-0.1, -0.05) is 12.2 Å². The van der Waals surface area contributed by atoms with Gasteiger partial charge in [0.25, 0.3) is 5.69 Å². The molecule has 162 valence electrons. The number of likely N-dealkylation sites (tertiary alicyclic amines) is 1. The van der Waals surface area contributed by atoms with Crippen molar-refractivity contribution < 1.29 is 22.9 Å². The van der Waals surface area contributed by atoms with Crippen LogP contribution >= 0.6 is 0 Å². The summed E-state index contributed by atoms with van der Waals surface area (Å²) in [5.74, 6) is 1.08. The average molecular weight is 423 g/mol. The van der Waals surface area contributed by atoms with E-state index in [1.54, 1.807) is 4.90 Å². The molecule has 3 aliphatic rings. The predicted octanol–water partition coefficient (Wildman–Crippen LogP) is 4.25. The van der Waals surface area contributed by atoms with Gasteiger partial charge in [-0.2, -0.15) is 13.2 Å². The van der Waals surface area contributed by atoms with Gasteiger partial charge in [0, 0.05) is 38.2 Å². The zero-order valence-corrected chi connectivity index (χ0v) is 16.5. The molecule has 6 nitrogen and oxygen atoms in total. The summed E-state index contributed by atoms with van der Waals surface area (Å²) in [6.45, 7) is 2.40. The number of allylic oxidation sites excluding steroid dienone is 2. The number of amides is 1. The van der Waals surface area contributed by atoms with Crippen LogP contribution in [0.3, 0.4) is 0 Å². The summed E-state index contributed by atoms with van der Waals surface area (Å²) in [4.78, 5) is 27.2. The molecule has 0 N–H and O–H groups in total. The van der Waals surface area contributed by atoms with E-state index in [1.165, 1.54) is 6.07 Å². The summed E-state index contributed by atoms with van der Waals surface area (Å²) in [5, 5.41) is 11.4. The summed E-state index contributed by atoms with van der Waals surface area (Å²) < 4.78 is 38.8. The third-order valence-electron chi connectivity index (χ3n) is 6.62. The number of carbonyl (C=O) groups excluding carboxylic acids is 1. The van der Waals surface area contributed by atoms with Gasteiger partial charge in [0.2, 0.25) is 5.91 Å². The number of nitrogens with zero attached hydrogens (tertiary/aromatic N) is 3. The summed E-state index contributed by atoms with van der Waals surface area (Å²) in [6.07, 6.45) is 2.86. The normalized spacial score (nSPS) is 24.8. The number of rotatable bonds is 3. The van der Waals surface area contributed by atoms with Gasteiger partial charge < -0.3 is 9.80 Å². The number of piperidine rings is 1. The lowest BCUT2D eigenvalue weighted by Gasteiger charge is -2.34. The first-order valence-corrected chi connectivity index (χ1v) is 10.3. The number of hydrogen-bond acceptors (Lipinski definition) is 4. The van der Waals surface area contributed by atoms with Crippen molar-refractivity contribution in [3.63, 3.8) is 0 Å². The number of halogens is 3. The van der Waals surface area contributed by atoms with Crippen LogP contribution in [0.2, 0.25) is 0 Å². The highest BCUT2D eigenvalue weighted by atomic mass is 19.4. The topological polar surface area (TPSA) is 66.7 Å². The highest BCUT2D eigenvalue weighted by Gasteiger charge is 2.39. The first-order chi connectivity index (χ1) is 14.2. The van der Waals surface area contributed by atoms with E-state index < -0.39 is 22.4 Å². The Morgan fingerprint density at radius 3 is 2.20 bits per heavy atom. The van der Waals surface area contributed by atoms with E-state index in [1.807, 2.05) is 4.90 Å². The molecule has 0 unspecified atom stereocenters. The van der Waals surface area contributed by atoms with Crippen molar-refractivity contribution in [3.8, 4) is 0 Å². The van der Waals surface area contributed by atoms with Gasteiger partial charge in [0.05, 0.1) is 10.5 Å². The Morgan fingerprint density at radius 1 is 1.07 bits per heavy atom. The van der Waals surface area contributed by atoms with Crippen LogP contribution in [0.4, 0.5) is 24.5 Å². The van der Waals surface area contributed by atoms with Gasteiger partial charge in [-0.3, -0.25) is 14.9 Å². The molecule has 30 heavy (non-hydrogen) atoms. The Morgan fingerprint density at radius 2 is 1.67 bits per heavy atom. The number of nitro benzene ring substituents is 1. The van der Waals surface area contributed by atoms with E-state index in [9.17, 15) is 28.1 Å². The van der Waals surface area contributed by atoms with Gasteiger partial charge in [-0.05, 0) is 49.7 Å². The van der Waals surface area contributed by atoms with Gasteiger partial charge >= 0.3 is 6.18 Å². The zero-order valence-electron chi connectivity index (χ0n) is 16.5. The molecule has 2 aliphatic heterocycles. The Bertz CT molecular complexity index is 847. The average Bonchev–Trinajstić information content (AvgIpc) is 3.16. The van der Waals surface area contributed by atoms with E-state index >= 15 is 0 Å². The third kappa shape index (κ3) is 4.02. The smallest absolute Gasteiger partial charge is 0.366 e. The Balaban J connectivity index is 1.41. The van der Waals surface area contributed by atoms with E-state index in [-0.39, 0.29) is 17.5 Å². The molecule has 2 fully saturated rings. The molecule has 4 rings (SSSR count). The molecule has 9 heteroatoms. The van der Waals surface area contributed by atoms with Crippen molar-refractivity contribution in [2.75, 3.05) is 31.1 Å². The highest BCUT2D eigenvalue weighted by molar-refractivity contribution is 5.79. The number of anilines is 1. The van der Waals surface area contributed by atoms with E-state index in [4.69, 9.17) is 0 Å². The van der Waals surface area contributed by atoms with Crippen LogP contribution < -0.4 is 4.90 Å². The molecule has 2 heterocycles. The second-order valence-electron chi connectivity index (χ2n) is 8.43. The maximum absolute atomic E-state index is 13.0. The summed E-state index contributed by atoms with van der Waals surface area (Å²) >= 11 is 0. The molecular formula is C21H24F3N3O3. The largest absolute Gasteiger partial charge is 0.416 e. The number of alkyl halides is 3. The number of carbonyl (C=O) groups is 1. The summed E-state index contributed by atoms with van der Waals surface area (Å²) in [5.41, 5.74) is -1.41. The Labute approximate surface area is 172 Å². The number of nitro groups is 1. The fraction of sp³-hybridized carbons (Fsp3) is 0.571. The lowest BCUT2D eigenvalue weighted by atomic mass is 9.86. The van der Waals surface area contributed by atoms with Gasteiger partial charge in [0.15, 0.2) is 0 Å². The molecule has 1 amide bonds. The summed E-state index contributed by atoms with van der Waals surface area (Å²) in [6, 6.07) is 2.63. The van der Waals surface area contributed by atoms with Crippen LogP contribution in [0.15, 0.2) is 30.4 Å². The monoisotopic (exact) mass is 423 g/mol. The van der Waals surface area contributed by atoms with E-state index in [2.05, 4.69) is 12.2 Å². The van der Waals surface area contributed by atoms with Crippen LogP contribution in [0.5, 0.6) is 0 Å². The summed E-state index contributed by atoms with van der Waals surface area (Å²) in [7, 11) is 0. The van der Waals surface area contributed by atoms with Crippen molar-refractivity contribution >= 4 is 17.3 Å². The van der Waals surface area contributed by atoms with Crippen molar-refractivity contribution in [2.45, 2.75) is 31.9 Å². The number of fused-ring (bicyclic) bond motifs is 1. The molecule has 0 aromatic heterocycles. The van der Waals surface area contributed by atoms with Crippen molar-refractivity contribution in [1.29, 1.82) is 0 Å². The molecule has 0 saturated carbocycles. The van der Waals surface area contributed by atoms with Crippen LogP contribution in [-0.2, 0) is 11.0 Å². The standard InChI is InChI=1S/C21H24F3N3O3/c22-21(23,24)17-5-6-18(19(11-17)27(29)30)25-9-7-14(8-10-25)20(28)26-12-15-3-1-2-4-16(15)13-26/h1-2,5-6,11,14-16H,3-4,7-10,12-13H2/t15-,16-/m0/s1. The Hall–Kier alpha value is -2.58. The molecule has 0 bridgehead atoms. The second-order valence-corrected chi connectivity index (χ2v) is 8.43. The van der Waals surface area contributed by atoms with Gasteiger partial charge in [-0.25, -0.2) is 0 Å². The number of hydrogen-bond donors (Lipinski definition) is 0. The van der Waals surface area contributed by atoms with Crippen molar-refractivity contribution in [2.24, 2.45) is 17.8 Å². The van der Waals surface area contributed by atoms with Gasteiger partial charge in [0.1, 0.15) is 5.69 Å². The molecule has 0 spiro atoms. The molecule has 2 saturated heterocycles. The number of benzene rings is 1.